The third-order valence-corrected chi connectivity index (χ3v) is 3.85. The first kappa shape index (κ1) is 13.8. The quantitative estimate of drug-likeness (QED) is 0.751. The van der Waals surface area contributed by atoms with Crippen LogP contribution in [0.5, 0.6) is 0 Å². The summed E-state index contributed by atoms with van der Waals surface area (Å²) < 4.78 is 3.38. The number of nitrogens with one attached hydrogen (secondary N) is 1. The summed E-state index contributed by atoms with van der Waals surface area (Å²) in [6.07, 6.45) is 2.32. The number of fused-ring (bicyclic) bond motifs is 1. The lowest BCUT2D eigenvalue weighted by Gasteiger charge is -2.01. The van der Waals surface area contributed by atoms with E-state index in [1.165, 1.54) is 0 Å². The van der Waals surface area contributed by atoms with Crippen LogP contribution < -0.4 is 9.94 Å². The average molecular weight is 304 g/mol. The maximum absolute atomic E-state index is 12.6. The van der Waals surface area contributed by atoms with Crippen LogP contribution in [0, 0.1) is 6.92 Å². The predicted octanol–water partition coefficient (Wildman–Crippen LogP) is 1.88. The Kier molecular flexibility index (Phi) is 3.51. The van der Waals surface area contributed by atoms with E-state index in [2.05, 4.69) is 10.2 Å². The minimum atomic E-state index is 0.0280. The Morgan fingerprint density at radius 2 is 2.05 bits per heavy atom. The third-order valence-electron chi connectivity index (χ3n) is 3.60. The largest absolute Gasteiger partial charge is 0.331 e. The summed E-state index contributed by atoms with van der Waals surface area (Å²) in [5.74, 6) is 0. The van der Waals surface area contributed by atoms with E-state index in [-0.39, 0.29) is 5.43 Å². The van der Waals surface area contributed by atoms with Crippen LogP contribution in [0.15, 0.2) is 35.4 Å². The number of halogens is 1. The average Bonchev–Trinajstić information content (AvgIpc) is 2.85. The highest BCUT2D eigenvalue weighted by Gasteiger charge is 2.19. The number of aromatic amines is 1. The third kappa shape index (κ3) is 2.45. The van der Waals surface area contributed by atoms with Crippen LogP contribution in [0.3, 0.4) is 0 Å². The van der Waals surface area contributed by atoms with E-state index in [0.29, 0.717) is 23.6 Å². The number of nitrogens with zero attached hydrogens (tertiary/aromatic N) is 3. The van der Waals surface area contributed by atoms with Gasteiger partial charge >= 0.3 is 5.65 Å². The number of aromatic nitrogens is 4. The van der Waals surface area contributed by atoms with Gasteiger partial charge in [-0.2, -0.15) is 0 Å². The van der Waals surface area contributed by atoms with Gasteiger partial charge < -0.3 is 0 Å². The van der Waals surface area contributed by atoms with Crippen molar-refractivity contribution in [3.63, 3.8) is 0 Å². The van der Waals surface area contributed by atoms with Gasteiger partial charge in [-0.05, 0) is 31.0 Å². The summed E-state index contributed by atoms with van der Waals surface area (Å²) in [6.45, 7) is 4.42. The van der Waals surface area contributed by atoms with Crippen molar-refractivity contribution in [2.75, 3.05) is 0 Å². The minimum Gasteiger partial charge on any atom is -0.282 e. The first-order valence-corrected chi connectivity index (χ1v) is 7.21. The molecule has 0 atom stereocenters. The molecule has 21 heavy (non-hydrogen) atoms. The Morgan fingerprint density at radius 3 is 2.71 bits per heavy atom. The van der Waals surface area contributed by atoms with Crippen molar-refractivity contribution < 1.29 is 4.52 Å². The van der Waals surface area contributed by atoms with Crippen LogP contribution >= 0.6 is 11.6 Å². The number of aryl methyl sites for hydroxylation is 1. The molecular formula is C15H16ClN4O+. The number of hydrogen-bond acceptors (Lipinski definition) is 2. The van der Waals surface area contributed by atoms with Gasteiger partial charge in [-0.25, -0.2) is 5.10 Å². The topological polar surface area (TPSA) is 54.8 Å². The van der Waals surface area contributed by atoms with Crippen LogP contribution in [0.4, 0.5) is 0 Å². The van der Waals surface area contributed by atoms with Gasteiger partial charge in [-0.3, -0.25) is 4.79 Å². The molecule has 0 aliphatic rings. The van der Waals surface area contributed by atoms with Gasteiger partial charge in [0.2, 0.25) is 0 Å². The molecule has 0 spiro atoms. The summed E-state index contributed by atoms with van der Waals surface area (Å²) in [4.78, 5) is 12.6. The molecule has 0 unspecified atom stereocenters. The Hall–Kier alpha value is -2.14. The van der Waals surface area contributed by atoms with E-state index < -0.39 is 0 Å². The number of hydrogen-bond donors (Lipinski definition) is 1. The van der Waals surface area contributed by atoms with Gasteiger partial charge in [-0.15, -0.1) is 4.52 Å². The van der Waals surface area contributed by atoms with Crippen LogP contribution in [0.1, 0.15) is 23.7 Å². The van der Waals surface area contributed by atoms with Gasteiger partial charge in [0, 0.05) is 21.4 Å². The van der Waals surface area contributed by atoms with E-state index in [9.17, 15) is 4.79 Å². The molecule has 3 rings (SSSR count). The van der Waals surface area contributed by atoms with E-state index >= 15 is 0 Å². The summed E-state index contributed by atoms with van der Waals surface area (Å²) in [7, 11) is 0. The van der Waals surface area contributed by atoms with Crippen molar-refractivity contribution in [2.24, 2.45) is 0 Å². The molecule has 0 bridgehead atoms. The summed E-state index contributed by atoms with van der Waals surface area (Å²) in [5.41, 5.74) is 3.30. The molecule has 3 aromatic rings. The standard InChI is InChI=1S/C15H15ClN4O/c1-3-13-10(2)18-20-9-17-19(15(20)14(13)21)8-11-4-6-12(16)7-5-11/h4-7,9H,3,8H2,1-2H3/p+1. The molecule has 0 saturated carbocycles. The molecule has 2 aromatic heterocycles. The molecule has 0 radical (unpaired) electrons. The van der Waals surface area contributed by atoms with Crippen molar-refractivity contribution in [3.05, 3.63) is 62.7 Å². The summed E-state index contributed by atoms with van der Waals surface area (Å²) >= 11 is 5.89. The molecule has 0 fully saturated rings. The molecule has 0 saturated heterocycles. The van der Waals surface area contributed by atoms with Crippen molar-refractivity contribution >= 4 is 17.2 Å². The number of H-pyrrole nitrogens is 1. The number of benzene rings is 1. The molecule has 2 heterocycles. The van der Waals surface area contributed by atoms with Gasteiger partial charge in [0.05, 0.1) is 0 Å². The lowest BCUT2D eigenvalue weighted by molar-refractivity contribution is -0.582. The van der Waals surface area contributed by atoms with Crippen LogP contribution in [0.25, 0.3) is 5.65 Å². The fraction of sp³-hybridized carbons (Fsp3) is 0.267. The Morgan fingerprint density at radius 1 is 1.33 bits per heavy atom. The van der Waals surface area contributed by atoms with Crippen molar-refractivity contribution in [1.82, 2.24) is 14.9 Å². The fourth-order valence-corrected chi connectivity index (χ4v) is 2.64. The predicted molar refractivity (Wildman–Crippen MR) is 80.7 cm³/mol. The SMILES string of the molecule is CCc1c(C)[nH][n+]2cnn(Cc3ccc(Cl)cc3)c2c1=O. The summed E-state index contributed by atoms with van der Waals surface area (Å²) in [6, 6.07) is 7.54. The zero-order valence-electron chi connectivity index (χ0n) is 11.9. The molecule has 108 valence electrons. The van der Waals surface area contributed by atoms with Crippen LogP contribution in [-0.4, -0.2) is 14.9 Å². The van der Waals surface area contributed by atoms with Crippen molar-refractivity contribution in [2.45, 2.75) is 26.8 Å². The second kappa shape index (κ2) is 5.33. The van der Waals surface area contributed by atoms with Crippen LogP contribution in [-0.2, 0) is 13.0 Å². The molecule has 1 N–H and O–H groups in total. The monoisotopic (exact) mass is 303 g/mol. The highest BCUT2D eigenvalue weighted by atomic mass is 35.5. The molecular weight excluding hydrogens is 288 g/mol. The first-order chi connectivity index (χ1) is 10.1. The maximum atomic E-state index is 12.6. The van der Waals surface area contributed by atoms with Crippen molar-refractivity contribution in [1.29, 1.82) is 0 Å². The smallest absolute Gasteiger partial charge is 0.282 e. The van der Waals surface area contributed by atoms with Crippen LogP contribution in [0.2, 0.25) is 5.02 Å². The maximum Gasteiger partial charge on any atom is 0.331 e. The lowest BCUT2D eigenvalue weighted by atomic mass is 10.1. The highest BCUT2D eigenvalue weighted by molar-refractivity contribution is 6.30. The molecule has 0 amide bonds. The normalized spacial score (nSPS) is 11.2. The molecule has 1 aromatic carbocycles. The molecule has 5 nitrogen and oxygen atoms in total. The lowest BCUT2D eigenvalue weighted by Crippen LogP contribution is -2.34. The Balaban J connectivity index is 2.11. The second-order valence-electron chi connectivity index (χ2n) is 5.01. The number of rotatable bonds is 3. The Labute approximate surface area is 126 Å². The molecule has 0 aliphatic carbocycles. The van der Waals surface area contributed by atoms with Gasteiger partial charge in [0.1, 0.15) is 6.54 Å². The first-order valence-electron chi connectivity index (χ1n) is 6.83. The fourth-order valence-electron chi connectivity index (χ4n) is 2.51. The zero-order chi connectivity index (χ0) is 15.0. The zero-order valence-corrected chi connectivity index (χ0v) is 12.7. The van der Waals surface area contributed by atoms with E-state index in [1.807, 2.05) is 38.1 Å². The van der Waals surface area contributed by atoms with Crippen molar-refractivity contribution in [3.8, 4) is 0 Å². The van der Waals surface area contributed by atoms with E-state index in [4.69, 9.17) is 11.6 Å². The Bertz CT molecular complexity index is 848. The second-order valence-corrected chi connectivity index (χ2v) is 5.44. The van der Waals surface area contributed by atoms with Gasteiger partial charge in [-0.1, -0.05) is 35.3 Å². The minimum absolute atomic E-state index is 0.0280. The summed E-state index contributed by atoms with van der Waals surface area (Å²) in [5, 5.41) is 8.18. The highest BCUT2D eigenvalue weighted by Crippen LogP contribution is 2.10. The van der Waals surface area contributed by atoms with E-state index in [0.717, 1.165) is 16.8 Å². The molecule has 0 aliphatic heterocycles. The van der Waals surface area contributed by atoms with Gasteiger partial charge in [0.15, 0.2) is 0 Å². The molecule has 6 heteroatoms. The van der Waals surface area contributed by atoms with Gasteiger partial charge in [0.25, 0.3) is 11.8 Å². The van der Waals surface area contributed by atoms with E-state index in [1.54, 1.807) is 15.5 Å².